The molecule has 0 radical (unpaired) electrons. The number of carbonyl (C=O) groups excluding carboxylic acids is 1. The van der Waals surface area contributed by atoms with Crippen LogP contribution in [-0.2, 0) is 4.79 Å². The van der Waals surface area contributed by atoms with Crippen LogP contribution in [0.25, 0.3) is 0 Å². The van der Waals surface area contributed by atoms with E-state index in [0.717, 1.165) is 0 Å². The molecule has 0 fully saturated rings. The number of aliphatic hydroxyl groups is 1. The molecule has 0 unspecified atom stereocenters. The minimum absolute atomic E-state index is 0.110. The number of hydrogen-bond acceptors (Lipinski definition) is 3. The van der Waals surface area contributed by atoms with Gasteiger partial charge in [-0.3, -0.25) is 4.79 Å². The van der Waals surface area contributed by atoms with Crippen molar-refractivity contribution in [3.8, 4) is 5.75 Å². The summed E-state index contributed by atoms with van der Waals surface area (Å²) in [6.07, 6.45) is 1.59. The van der Waals surface area contributed by atoms with Crippen LogP contribution in [0.2, 0.25) is 10.0 Å². The third kappa shape index (κ3) is 5.11. The van der Waals surface area contributed by atoms with Crippen LogP contribution in [0.15, 0.2) is 30.9 Å². The van der Waals surface area contributed by atoms with Crippen LogP contribution >= 0.6 is 23.2 Å². The predicted octanol–water partition coefficient (Wildman–Crippen LogP) is 2.38. The van der Waals surface area contributed by atoms with Gasteiger partial charge in [0.2, 0.25) is 0 Å². The summed E-state index contributed by atoms with van der Waals surface area (Å²) < 4.78 is 5.33. The molecule has 1 rings (SSSR count). The summed E-state index contributed by atoms with van der Waals surface area (Å²) in [5.74, 6) is 0.141. The smallest absolute Gasteiger partial charge is 0.260 e. The van der Waals surface area contributed by atoms with E-state index in [1.165, 1.54) is 11.0 Å². The van der Waals surface area contributed by atoms with E-state index in [1.807, 2.05) is 0 Å². The van der Waals surface area contributed by atoms with Crippen molar-refractivity contribution in [1.29, 1.82) is 0 Å². The summed E-state index contributed by atoms with van der Waals surface area (Å²) in [4.78, 5) is 13.3. The van der Waals surface area contributed by atoms with E-state index >= 15 is 0 Å². The van der Waals surface area contributed by atoms with E-state index in [-0.39, 0.29) is 25.7 Å². The highest BCUT2D eigenvalue weighted by Gasteiger charge is 2.13. The second kappa shape index (κ2) is 8.04. The fraction of sp³-hybridized carbons (Fsp3) is 0.308. The van der Waals surface area contributed by atoms with Gasteiger partial charge in [0.25, 0.3) is 5.91 Å². The molecular weight excluding hydrogens is 289 g/mol. The minimum Gasteiger partial charge on any atom is -0.482 e. The van der Waals surface area contributed by atoms with Crippen molar-refractivity contribution >= 4 is 29.1 Å². The van der Waals surface area contributed by atoms with Gasteiger partial charge >= 0.3 is 0 Å². The molecule has 1 N–H and O–H groups in total. The van der Waals surface area contributed by atoms with E-state index in [0.29, 0.717) is 22.3 Å². The molecule has 1 aromatic carbocycles. The van der Waals surface area contributed by atoms with Crippen molar-refractivity contribution in [1.82, 2.24) is 4.90 Å². The zero-order valence-corrected chi connectivity index (χ0v) is 11.8. The first-order valence-corrected chi connectivity index (χ1v) is 6.41. The number of nitrogens with zero attached hydrogens (tertiary/aromatic N) is 1. The standard InChI is InChI=1S/C13H15Cl2NO3/c1-2-5-16(6-7-17)13(18)9-19-12-4-3-10(14)8-11(12)15/h2-4,8,17H,1,5-7,9H2. The van der Waals surface area contributed by atoms with E-state index in [1.54, 1.807) is 18.2 Å². The number of halogens is 2. The average molecular weight is 304 g/mol. The Kier molecular flexibility index (Phi) is 6.70. The predicted molar refractivity (Wildman–Crippen MR) is 75.8 cm³/mol. The Morgan fingerprint density at radius 3 is 2.79 bits per heavy atom. The molecule has 0 saturated carbocycles. The van der Waals surface area contributed by atoms with Gasteiger partial charge in [-0.15, -0.1) is 6.58 Å². The lowest BCUT2D eigenvalue weighted by Crippen LogP contribution is -2.37. The van der Waals surface area contributed by atoms with E-state index < -0.39 is 0 Å². The summed E-state index contributed by atoms with van der Waals surface area (Å²) in [7, 11) is 0. The third-order valence-corrected chi connectivity index (χ3v) is 2.85. The summed E-state index contributed by atoms with van der Waals surface area (Å²) in [5, 5.41) is 9.71. The number of benzene rings is 1. The van der Waals surface area contributed by atoms with Crippen LogP contribution < -0.4 is 4.74 Å². The Morgan fingerprint density at radius 2 is 2.21 bits per heavy atom. The van der Waals surface area contributed by atoms with Crippen molar-refractivity contribution in [2.45, 2.75) is 0 Å². The van der Waals surface area contributed by atoms with E-state index in [4.69, 9.17) is 33.0 Å². The fourth-order valence-corrected chi connectivity index (χ4v) is 1.88. The molecule has 19 heavy (non-hydrogen) atoms. The number of ether oxygens (including phenoxy) is 1. The second-order valence-corrected chi connectivity index (χ2v) is 4.56. The van der Waals surface area contributed by atoms with Gasteiger partial charge in [0.05, 0.1) is 11.6 Å². The highest BCUT2D eigenvalue weighted by molar-refractivity contribution is 6.35. The Bertz CT molecular complexity index is 452. The summed E-state index contributed by atoms with van der Waals surface area (Å²) in [6, 6.07) is 4.77. The van der Waals surface area contributed by atoms with Gasteiger partial charge in [-0.25, -0.2) is 0 Å². The lowest BCUT2D eigenvalue weighted by molar-refractivity contribution is -0.133. The molecule has 0 spiro atoms. The molecule has 0 heterocycles. The molecule has 0 atom stereocenters. The molecule has 4 nitrogen and oxygen atoms in total. The number of aliphatic hydroxyl groups excluding tert-OH is 1. The molecule has 0 aliphatic rings. The quantitative estimate of drug-likeness (QED) is 0.787. The van der Waals surface area contributed by atoms with Gasteiger partial charge in [-0.05, 0) is 18.2 Å². The molecule has 1 aromatic rings. The average Bonchev–Trinajstić information content (AvgIpc) is 2.37. The lowest BCUT2D eigenvalue weighted by Gasteiger charge is -2.20. The Labute approximate surface area is 122 Å². The van der Waals surface area contributed by atoms with Crippen molar-refractivity contribution < 1.29 is 14.6 Å². The lowest BCUT2D eigenvalue weighted by atomic mass is 10.3. The molecule has 0 aliphatic carbocycles. The first kappa shape index (κ1) is 15.8. The minimum atomic E-state index is -0.250. The van der Waals surface area contributed by atoms with Crippen molar-refractivity contribution in [3.05, 3.63) is 40.9 Å². The molecule has 0 aliphatic heterocycles. The normalized spacial score (nSPS) is 10.1. The Balaban J connectivity index is 2.59. The summed E-state index contributed by atoms with van der Waals surface area (Å²) >= 11 is 11.7. The van der Waals surface area contributed by atoms with Crippen LogP contribution in [-0.4, -0.2) is 42.2 Å². The molecular formula is C13H15Cl2NO3. The third-order valence-electron chi connectivity index (χ3n) is 2.32. The maximum absolute atomic E-state index is 11.8. The number of hydrogen-bond donors (Lipinski definition) is 1. The molecule has 0 saturated heterocycles. The SMILES string of the molecule is C=CCN(CCO)C(=O)COc1ccc(Cl)cc1Cl. The zero-order chi connectivity index (χ0) is 14.3. The van der Waals surface area contributed by atoms with Gasteiger partial charge in [-0.2, -0.15) is 0 Å². The molecule has 0 bridgehead atoms. The monoisotopic (exact) mass is 303 g/mol. The Hall–Kier alpha value is -1.23. The number of rotatable bonds is 7. The maximum atomic E-state index is 11.8. The fourth-order valence-electron chi connectivity index (χ4n) is 1.42. The maximum Gasteiger partial charge on any atom is 0.260 e. The van der Waals surface area contributed by atoms with Gasteiger partial charge in [0.1, 0.15) is 5.75 Å². The largest absolute Gasteiger partial charge is 0.482 e. The van der Waals surface area contributed by atoms with Gasteiger partial charge in [0.15, 0.2) is 6.61 Å². The number of amides is 1. The topological polar surface area (TPSA) is 49.8 Å². The van der Waals surface area contributed by atoms with Crippen LogP contribution in [0.1, 0.15) is 0 Å². The van der Waals surface area contributed by atoms with Crippen molar-refractivity contribution in [3.63, 3.8) is 0 Å². The molecule has 0 aromatic heterocycles. The van der Waals surface area contributed by atoms with Crippen LogP contribution in [0, 0.1) is 0 Å². The Morgan fingerprint density at radius 1 is 1.47 bits per heavy atom. The highest BCUT2D eigenvalue weighted by atomic mass is 35.5. The highest BCUT2D eigenvalue weighted by Crippen LogP contribution is 2.27. The van der Waals surface area contributed by atoms with Crippen LogP contribution in [0.3, 0.4) is 0 Å². The number of carbonyl (C=O) groups is 1. The van der Waals surface area contributed by atoms with Crippen LogP contribution in [0.4, 0.5) is 0 Å². The van der Waals surface area contributed by atoms with E-state index in [2.05, 4.69) is 6.58 Å². The van der Waals surface area contributed by atoms with Crippen molar-refractivity contribution in [2.75, 3.05) is 26.3 Å². The molecule has 104 valence electrons. The molecule has 1 amide bonds. The van der Waals surface area contributed by atoms with E-state index in [9.17, 15) is 4.79 Å². The van der Waals surface area contributed by atoms with Gasteiger partial charge in [-0.1, -0.05) is 29.3 Å². The summed E-state index contributed by atoms with van der Waals surface area (Å²) in [5.41, 5.74) is 0. The van der Waals surface area contributed by atoms with Gasteiger partial charge < -0.3 is 14.7 Å². The van der Waals surface area contributed by atoms with Crippen LogP contribution in [0.5, 0.6) is 5.75 Å². The zero-order valence-electron chi connectivity index (χ0n) is 10.3. The second-order valence-electron chi connectivity index (χ2n) is 3.72. The summed E-state index contributed by atoms with van der Waals surface area (Å²) in [6.45, 7) is 3.88. The van der Waals surface area contributed by atoms with Gasteiger partial charge in [0, 0.05) is 18.1 Å². The first-order valence-electron chi connectivity index (χ1n) is 5.66. The first-order chi connectivity index (χ1) is 9.08. The molecule has 6 heteroatoms. The van der Waals surface area contributed by atoms with Crippen molar-refractivity contribution in [2.24, 2.45) is 0 Å².